The van der Waals surface area contributed by atoms with Crippen molar-refractivity contribution in [3.63, 3.8) is 0 Å². The van der Waals surface area contributed by atoms with Gasteiger partial charge >= 0.3 is 0 Å². The Morgan fingerprint density at radius 3 is 0.905 bits per heavy atom. The summed E-state index contributed by atoms with van der Waals surface area (Å²) in [6.45, 7) is 0. The van der Waals surface area contributed by atoms with Crippen LogP contribution in [0.25, 0.3) is 155 Å². The highest BCUT2D eigenvalue weighted by atomic mass is 15.2. The predicted molar refractivity (Wildman–Crippen MR) is 349 cm³/mol. The molecule has 0 bridgehead atoms. The first-order chi connectivity index (χ1) is 41.6. The molecule has 0 unspecified atom stereocenters. The molecule has 0 amide bonds. The third-order valence-corrected chi connectivity index (χ3v) is 17.0. The van der Waals surface area contributed by atoms with Gasteiger partial charge in [0, 0.05) is 61.0 Å². The summed E-state index contributed by atoms with van der Waals surface area (Å²) in [7, 11) is 0. The van der Waals surface area contributed by atoms with Crippen molar-refractivity contribution in [1.82, 2.24) is 28.1 Å². The Morgan fingerprint density at radius 1 is 0.226 bits per heavy atom. The molecule has 5 aromatic heterocycles. The molecule has 17 rings (SSSR count). The zero-order valence-corrected chi connectivity index (χ0v) is 45.6. The second-order valence-electron chi connectivity index (χ2n) is 21.8. The molecule has 0 radical (unpaired) electrons. The summed E-state index contributed by atoms with van der Waals surface area (Å²) in [6.07, 6.45) is 2.14. The number of aromatic nitrogens is 6. The maximum atomic E-state index is 5.50. The lowest BCUT2D eigenvalue weighted by Crippen LogP contribution is -2.01. The van der Waals surface area contributed by atoms with Crippen LogP contribution in [-0.4, -0.2) is 28.1 Å². The maximum Gasteiger partial charge on any atom is 0.236 e. The van der Waals surface area contributed by atoms with E-state index in [1.165, 1.54) is 66.1 Å². The number of hydrogen-bond acceptors (Lipinski definition) is 2. The summed E-state index contributed by atoms with van der Waals surface area (Å²) in [5.41, 5.74) is 22.3. The van der Waals surface area contributed by atoms with E-state index < -0.39 is 0 Å². The topological polar surface area (TPSA) is 45.0 Å². The molecule has 6 nitrogen and oxygen atoms in total. The Balaban J connectivity index is 0.917. The minimum Gasteiger partial charge on any atom is -0.309 e. The molecule has 0 saturated carbocycles. The summed E-state index contributed by atoms with van der Waals surface area (Å²) in [5.74, 6) is 1.41. The average molecular weight is 1070 g/mol. The quantitative estimate of drug-likeness (QED) is 0.145. The molecule has 12 aromatic carbocycles. The van der Waals surface area contributed by atoms with Gasteiger partial charge < -0.3 is 9.13 Å². The van der Waals surface area contributed by atoms with E-state index in [0.29, 0.717) is 5.78 Å². The van der Waals surface area contributed by atoms with Crippen LogP contribution in [0.4, 0.5) is 0 Å². The van der Waals surface area contributed by atoms with Gasteiger partial charge in [-0.05, 0) is 136 Å². The number of rotatable bonds is 9. The van der Waals surface area contributed by atoms with E-state index in [4.69, 9.17) is 9.97 Å². The van der Waals surface area contributed by atoms with Crippen molar-refractivity contribution in [2.24, 2.45) is 0 Å². The SMILES string of the molecule is c1ccc(-c2ccc3c(c2)c2cc(-c4ccccc4)ccc2n3-c2ccc3c(c2)c2cc(-n4c5ccc(-c6ccccc6)cc5c5cc(-c6ccccc6)ccc54)ccc2n3-c2ccn3c(-c4ccccc4)c(-c4ccccc4)nc3n2)cc1. The number of imidazole rings is 1. The molecule has 392 valence electrons. The summed E-state index contributed by atoms with van der Waals surface area (Å²) in [4.78, 5) is 10.8. The van der Waals surface area contributed by atoms with Crippen LogP contribution in [0.5, 0.6) is 0 Å². The molecule has 5 heterocycles. The molecule has 0 spiro atoms. The molecular weight excluding hydrogens is 1020 g/mol. The molecule has 17 aromatic rings. The second kappa shape index (κ2) is 19.2. The lowest BCUT2D eigenvalue weighted by molar-refractivity contribution is 1.03. The van der Waals surface area contributed by atoms with E-state index in [1.807, 2.05) is 6.07 Å². The van der Waals surface area contributed by atoms with E-state index in [1.54, 1.807) is 0 Å². The molecule has 0 atom stereocenters. The summed E-state index contributed by atoms with van der Waals surface area (Å²) >= 11 is 0. The van der Waals surface area contributed by atoms with Crippen molar-refractivity contribution >= 4 is 71.2 Å². The first kappa shape index (κ1) is 47.5. The highest BCUT2D eigenvalue weighted by molar-refractivity contribution is 6.15. The Labute approximate surface area is 484 Å². The molecule has 84 heavy (non-hydrogen) atoms. The van der Waals surface area contributed by atoms with Crippen molar-refractivity contribution in [3.8, 4) is 84.2 Å². The van der Waals surface area contributed by atoms with Crippen LogP contribution in [0.3, 0.4) is 0 Å². The summed E-state index contributed by atoms with van der Waals surface area (Å²) in [5, 5.41) is 7.03. The minimum absolute atomic E-state index is 0.624. The van der Waals surface area contributed by atoms with Crippen molar-refractivity contribution in [2.75, 3.05) is 0 Å². The van der Waals surface area contributed by atoms with Gasteiger partial charge in [0.15, 0.2) is 0 Å². The van der Waals surface area contributed by atoms with Crippen LogP contribution in [0.2, 0.25) is 0 Å². The van der Waals surface area contributed by atoms with E-state index >= 15 is 0 Å². The van der Waals surface area contributed by atoms with Gasteiger partial charge in [-0.3, -0.25) is 8.97 Å². The molecular formula is C78H50N6. The lowest BCUT2D eigenvalue weighted by Gasteiger charge is -2.11. The van der Waals surface area contributed by atoms with E-state index in [2.05, 4.69) is 315 Å². The van der Waals surface area contributed by atoms with Crippen LogP contribution < -0.4 is 0 Å². The Bertz CT molecular complexity index is 4940. The number of fused-ring (bicyclic) bond motifs is 10. The predicted octanol–water partition coefficient (Wildman–Crippen LogP) is 20.0. The summed E-state index contributed by atoms with van der Waals surface area (Å²) < 4.78 is 9.36. The highest BCUT2D eigenvalue weighted by Crippen LogP contribution is 2.43. The van der Waals surface area contributed by atoms with Gasteiger partial charge in [-0.15, -0.1) is 0 Å². The third-order valence-electron chi connectivity index (χ3n) is 17.0. The smallest absolute Gasteiger partial charge is 0.236 e. The largest absolute Gasteiger partial charge is 0.309 e. The van der Waals surface area contributed by atoms with E-state index in [0.717, 1.165) is 83.6 Å². The fourth-order valence-corrected chi connectivity index (χ4v) is 13.1. The summed E-state index contributed by atoms with van der Waals surface area (Å²) in [6, 6.07) is 108. The van der Waals surface area contributed by atoms with Crippen LogP contribution in [0, 0.1) is 0 Å². The molecule has 0 fully saturated rings. The number of benzene rings is 12. The molecule has 0 saturated heterocycles. The minimum atomic E-state index is 0.624. The standard InChI is InChI=1S/C78H50N6/c1-7-19-51(20-8-1)57-31-37-69-63(45-57)64-46-58(52-21-9-2-10-22-52)32-38-70(64)82(69)61-35-41-73-67(49-61)68-50-62(83-71-39-33-59(53-23-11-3-12-24-53)47-65(71)66-48-60(34-40-72(66)83)54-25-13-4-14-26-54)36-42-74(68)84(73)75-43-44-81-77(56-29-17-6-18-30-56)76(80-78(81)79-75)55-27-15-5-16-28-55/h1-50H. The fourth-order valence-electron chi connectivity index (χ4n) is 13.1. The Kier molecular flexibility index (Phi) is 10.8. The normalized spacial score (nSPS) is 11.8. The number of nitrogens with zero attached hydrogens (tertiary/aromatic N) is 6. The van der Waals surface area contributed by atoms with Crippen LogP contribution >= 0.6 is 0 Å². The second-order valence-corrected chi connectivity index (χ2v) is 21.8. The lowest BCUT2D eigenvalue weighted by atomic mass is 10.0. The van der Waals surface area contributed by atoms with Crippen LogP contribution in [0.15, 0.2) is 303 Å². The van der Waals surface area contributed by atoms with E-state index in [-0.39, 0.29) is 0 Å². The fraction of sp³-hybridized carbons (Fsp3) is 0. The van der Waals surface area contributed by atoms with Gasteiger partial charge in [-0.1, -0.05) is 206 Å². The molecule has 0 aliphatic heterocycles. The van der Waals surface area contributed by atoms with Gasteiger partial charge in [0.05, 0.1) is 44.5 Å². The van der Waals surface area contributed by atoms with Crippen molar-refractivity contribution in [2.45, 2.75) is 0 Å². The zero-order chi connectivity index (χ0) is 55.2. The van der Waals surface area contributed by atoms with E-state index in [9.17, 15) is 0 Å². The zero-order valence-electron chi connectivity index (χ0n) is 45.6. The monoisotopic (exact) mass is 1070 g/mol. The average Bonchev–Trinajstić information content (AvgIpc) is 3.28. The van der Waals surface area contributed by atoms with Gasteiger partial charge in [0.25, 0.3) is 0 Å². The van der Waals surface area contributed by atoms with Crippen molar-refractivity contribution in [3.05, 3.63) is 303 Å². The van der Waals surface area contributed by atoms with Gasteiger partial charge in [-0.25, -0.2) is 4.98 Å². The first-order valence-corrected chi connectivity index (χ1v) is 28.6. The maximum absolute atomic E-state index is 5.50. The number of hydrogen-bond donors (Lipinski definition) is 0. The highest BCUT2D eigenvalue weighted by Gasteiger charge is 2.23. The Hall–Kier alpha value is -11.3. The van der Waals surface area contributed by atoms with Crippen molar-refractivity contribution < 1.29 is 0 Å². The molecule has 0 aliphatic carbocycles. The molecule has 0 aliphatic rings. The van der Waals surface area contributed by atoms with Gasteiger partial charge in [-0.2, -0.15) is 4.98 Å². The first-order valence-electron chi connectivity index (χ1n) is 28.6. The van der Waals surface area contributed by atoms with Crippen LogP contribution in [0.1, 0.15) is 0 Å². The van der Waals surface area contributed by atoms with Gasteiger partial charge in [0.2, 0.25) is 5.78 Å². The third kappa shape index (κ3) is 7.65. The Morgan fingerprint density at radius 2 is 0.536 bits per heavy atom. The van der Waals surface area contributed by atoms with Crippen LogP contribution in [-0.2, 0) is 0 Å². The molecule has 0 N–H and O–H groups in total. The molecule has 6 heteroatoms. The van der Waals surface area contributed by atoms with Crippen molar-refractivity contribution in [1.29, 1.82) is 0 Å². The van der Waals surface area contributed by atoms with Gasteiger partial charge in [0.1, 0.15) is 5.82 Å².